The molecule has 0 unspecified atom stereocenters. The first kappa shape index (κ1) is 12.5. The fourth-order valence-electron chi connectivity index (χ4n) is 1.31. The van der Waals surface area contributed by atoms with Crippen LogP contribution in [0, 0.1) is 0 Å². The van der Waals surface area contributed by atoms with Gasteiger partial charge < -0.3 is 5.32 Å². The number of benzene rings is 1. The lowest BCUT2D eigenvalue weighted by atomic mass is 10.3. The van der Waals surface area contributed by atoms with E-state index in [1.54, 1.807) is 23.0 Å². The quantitative estimate of drug-likeness (QED) is 0.882. The third-order valence-corrected chi connectivity index (χ3v) is 3.31. The molecule has 2 aromatic rings. The molecule has 0 saturated heterocycles. The summed E-state index contributed by atoms with van der Waals surface area (Å²) in [4.78, 5) is 0. The van der Waals surface area contributed by atoms with Crippen molar-refractivity contribution in [2.24, 2.45) is 7.05 Å². The summed E-state index contributed by atoms with van der Waals surface area (Å²) in [5.74, 6) is 0. The Morgan fingerprint density at radius 1 is 1.18 bits per heavy atom. The summed E-state index contributed by atoms with van der Waals surface area (Å²) in [5.41, 5.74) is 1.66. The molecule has 1 heterocycles. The van der Waals surface area contributed by atoms with Gasteiger partial charge in [0.05, 0.1) is 39.2 Å². The molecule has 0 aliphatic rings. The van der Waals surface area contributed by atoms with Crippen LogP contribution in [0.4, 0.5) is 5.69 Å². The van der Waals surface area contributed by atoms with Crippen molar-refractivity contribution in [3.8, 4) is 0 Å². The highest BCUT2D eigenvalue weighted by atomic mass is 35.5. The van der Waals surface area contributed by atoms with Gasteiger partial charge in [0.1, 0.15) is 0 Å². The minimum atomic E-state index is 0.435. The van der Waals surface area contributed by atoms with Gasteiger partial charge in [-0.2, -0.15) is 0 Å². The van der Waals surface area contributed by atoms with E-state index in [2.05, 4.69) is 15.6 Å². The molecule has 90 valence electrons. The minimum Gasteiger partial charge on any atom is -0.378 e. The van der Waals surface area contributed by atoms with Gasteiger partial charge in [0.25, 0.3) is 0 Å². The van der Waals surface area contributed by atoms with E-state index in [9.17, 15) is 0 Å². The molecule has 1 N–H and O–H groups in total. The number of aromatic nitrogens is 3. The van der Waals surface area contributed by atoms with Crippen molar-refractivity contribution in [1.29, 1.82) is 0 Å². The summed E-state index contributed by atoms with van der Waals surface area (Å²) in [6, 6.07) is 3.30. The zero-order valence-electron chi connectivity index (χ0n) is 8.91. The van der Waals surface area contributed by atoms with Crippen molar-refractivity contribution >= 4 is 40.5 Å². The summed E-state index contributed by atoms with van der Waals surface area (Å²) in [5, 5.41) is 12.2. The van der Waals surface area contributed by atoms with Gasteiger partial charge in [0.2, 0.25) is 0 Å². The lowest BCUT2D eigenvalue weighted by Gasteiger charge is -2.09. The zero-order chi connectivity index (χ0) is 12.4. The number of halogens is 3. The number of anilines is 1. The molecular formula is C10H9Cl3N4. The molecule has 0 atom stereocenters. The summed E-state index contributed by atoms with van der Waals surface area (Å²) in [6.45, 7) is 0.557. The van der Waals surface area contributed by atoms with Crippen LogP contribution >= 0.6 is 34.8 Å². The van der Waals surface area contributed by atoms with Gasteiger partial charge in [-0.15, -0.1) is 5.10 Å². The lowest BCUT2D eigenvalue weighted by molar-refractivity contribution is 0.683. The number of nitrogens with one attached hydrogen (secondary N) is 1. The largest absolute Gasteiger partial charge is 0.378 e. The molecule has 0 spiro atoms. The summed E-state index contributed by atoms with van der Waals surface area (Å²) in [6.07, 6.45) is 1.68. The van der Waals surface area contributed by atoms with Crippen LogP contribution in [0.1, 0.15) is 5.69 Å². The van der Waals surface area contributed by atoms with Gasteiger partial charge in [0.15, 0.2) is 0 Å². The average Bonchev–Trinajstić information content (AvgIpc) is 2.68. The first-order valence-electron chi connectivity index (χ1n) is 4.80. The van der Waals surface area contributed by atoms with Crippen LogP contribution in [0.2, 0.25) is 15.1 Å². The molecule has 0 radical (unpaired) electrons. The van der Waals surface area contributed by atoms with E-state index in [1.165, 1.54) is 0 Å². The molecule has 17 heavy (non-hydrogen) atoms. The molecule has 1 aromatic heterocycles. The van der Waals surface area contributed by atoms with Crippen molar-refractivity contribution in [1.82, 2.24) is 15.0 Å². The SMILES string of the molecule is Cn1nncc1CNc1cc(Cl)c(Cl)cc1Cl. The first-order valence-corrected chi connectivity index (χ1v) is 5.93. The van der Waals surface area contributed by atoms with Gasteiger partial charge in [-0.25, -0.2) is 0 Å². The molecule has 4 nitrogen and oxygen atoms in total. The highest BCUT2D eigenvalue weighted by molar-refractivity contribution is 6.44. The third kappa shape index (κ3) is 2.83. The van der Waals surface area contributed by atoms with E-state index in [-0.39, 0.29) is 0 Å². The van der Waals surface area contributed by atoms with Gasteiger partial charge >= 0.3 is 0 Å². The van der Waals surface area contributed by atoms with E-state index >= 15 is 0 Å². The maximum Gasteiger partial charge on any atom is 0.0774 e. The Morgan fingerprint density at radius 3 is 2.53 bits per heavy atom. The van der Waals surface area contributed by atoms with Crippen LogP contribution in [0.25, 0.3) is 0 Å². The predicted octanol–water partition coefficient (Wildman–Crippen LogP) is 3.39. The maximum atomic E-state index is 6.04. The van der Waals surface area contributed by atoms with Gasteiger partial charge in [-0.3, -0.25) is 4.68 Å². The number of hydrogen-bond acceptors (Lipinski definition) is 3. The topological polar surface area (TPSA) is 42.7 Å². The van der Waals surface area contributed by atoms with Gasteiger partial charge in [-0.1, -0.05) is 40.0 Å². The van der Waals surface area contributed by atoms with Crippen LogP contribution in [0.3, 0.4) is 0 Å². The Labute approximate surface area is 113 Å². The Bertz CT molecular complexity index is 538. The molecule has 2 rings (SSSR count). The smallest absolute Gasteiger partial charge is 0.0774 e. The molecule has 0 bridgehead atoms. The van der Waals surface area contributed by atoms with Crippen molar-refractivity contribution in [2.75, 3.05) is 5.32 Å². The molecule has 0 fully saturated rings. The predicted molar refractivity (Wildman–Crippen MR) is 69.8 cm³/mol. The Hall–Kier alpha value is -0.970. The van der Waals surface area contributed by atoms with Crippen LogP contribution in [-0.2, 0) is 13.6 Å². The van der Waals surface area contributed by atoms with Gasteiger partial charge in [0, 0.05) is 7.05 Å². The highest BCUT2D eigenvalue weighted by Gasteiger charge is 2.06. The molecule has 0 saturated carbocycles. The van der Waals surface area contributed by atoms with Crippen LogP contribution in [0.15, 0.2) is 18.3 Å². The first-order chi connectivity index (χ1) is 8.08. The van der Waals surface area contributed by atoms with E-state index in [0.717, 1.165) is 11.4 Å². The standard InChI is InChI=1S/C10H9Cl3N4/c1-17-6(5-15-16-17)4-14-10-3-8(12)7(11)2-9(10)13/h2-3,5,14H,4H2,1H3. The maximum absolute atomic E-state index is 6.04. The Balaban J connectivity index is 2.14. The average molecular weight is 292 g/mol. The van der Waals surface area contributed by atoms with Crippen LogP contribution in [-0.4, -0.2) is 15.0 Å². The summed E-state index contributed by atoms with van der Waals surface area (Å²) < 4.78 is 1.68. The zero-order valence-corrected chi connectivity index (χ0v) is 11.2. The number of rotatable bonds is 3. The Morgan fingerprint density at radius 2 is 1.88 bits per heavy atom. The molecule has 0 amide bonds. The fraction of sp³-hybridized carbons (Fsp3) is 0.200. The highest BCUT2D eigenvalue weighted by Crippen LogP contribution is 2.32. The van der Waals surface area contributed by atoms with E-state index in [1.807, 2.05) is 7.05 Å². The summed E-state index contributed by atoms with van der Waals surface area (Å²) >= 11 is 17.8. The number of nitrogens with zero attached hydrogens (tertiary/aromatic N) is 3. The second kappa shape index (κ2) is 5.12. The normalized spacial score (nSPS) is 10.6. The Kier molecular flexibility index (Phi) is 3.76. The molecule has 1 aromatic carbocycles. The van der Waals surface area contributed by atoms with Crippen LogP contribution in [0.5, 0.6) is 0 Å². The number of hydrogen-bond donors (Lipinski definition) is 1. The second-order valence-electron chi connectivity index (χ2n) is 3.45. The third-order valence-electron chi connectivity index (χ3n) is 2.28. The fourth-order valence-corrected chi connectivity index (χ4v) is 1.93. The molecule has 7 heteroatoms. The van der Waals surface area contributed by atoms with E-state index < -0.39 is 0 Å². The van der Waals surface area contributed by atoms with E-state index in [4.69, 9.17) is 34.8 Å². The van der Waals surface area contributed by atoms with Crippen LogP contribution < -0.4 is 5.32 Å². The van der Waals surface area contributed by atoms with Crippen molar-refractivity contribution in [3.05, 3.63) is 39.1 Å². The second-order valence-corrected chi connectivity index (χ2v) is 4.67. The van der Waals surface area contributed by atoms with E-state index in [0.29, 0.717) is 21.6 Å². The molecule has 0 aliphatic heterocycles. The molecular weight excluding hydrogens is 282 g/mol. The summed E-state index contributed by atoms with van der Waals surface area (Å²) in [7, 11) is 1.82. The number of aryl methyl sites for hydroxylation is 1. The van der Waals surface area contributed by atoms with Crippen molar-refractivity contribution in [2.45, 2.75) is 6.54 Å². The lowest BCUT2D eigenvalue weighted by Crippen LogP contribution is -2.05. The molecule has 0 aliphatic carbocycles. The minimum absolute atomic E-state index is 0.435. The van der Waals surface area contributed by atoms with Crippen molar-refractivity contribution < 1.29 is 0 Å². The van der Waals surface area contributed by atoms with Gasteiger partial charge in [-0.05, 0) is 12.1 Å². The monoisotopic (exact) mass is 290 g/mol. The van der Waals surface area contributed by atoms with Crippen molar-refractivity contribution in [3.63, 3.8) is 0 Å².